The van der Waals surface area contributed by atoms with Gasteiger partial charge in [0.1, 0.15) is 0 Å². The van der Waals surface area contributed by atoms with Crippen LogP contribution in [0.25, 0.3) is 0 Å². The zero-order chi connectivity index (χ0) is 12.4. The largest absolute Gasteiger partial charge is 0.254 e. The van der Waals surface area contributed by atoms with Gasteiger partial charge in [-0.15, -0.1) is 0 Å². The van der Waals surface area contributed by atoms with E-state index in [-0.39, 0.29) is 11.3 Å². The molecule has 1 fully saturated rings. The molecule has 0 spiro atoms. The first-order valence-electron chi connectivity index (χ1n) is 5.83. The maximum Gasteiger partial charge on any atom is 0.157 e. The summed E-state index contributed by atoms with van der Waals surface area (Å²) in [7, 11) is -3.04. The van der Waals surface area contributed by atoms with Gasteiger partial charge in [0.2, 0.25) is 0 Å². The average Bonchev–Trinajstić information content (AvgIpc) is 2.17. The van der Waals surface area contributed by atoms with Gasteiger partial charge in [0, 0.05) is 28.4 Å². The second kappa shape index (κ2) is 5.10. The van der Waals surface area contributed by atoms with Crippen LogP contribution in [0.2, 0.25) is 0 Å². The van der Waals surface area contributed by atoms with Crippen LogP contribution < -0.4 is 3.53 Å². The molecule has 1 saturated carbocycles. The van der Waals surface area contributed by atoms with Crippen molar-refractivity contribution in [3.05, 3.63) is 0 Å². The van der Waals surface area contributed by atoms with Crippen molar-refractivity contribution < 1.29 is 8.42 Å². The maximum absolute atomic E-state index is 12.2. The van der Waals surface area contributed by atoms with Gasteiger partial charge in [0.15, 0.2) is 9.84 Å². The van der Waals surface area contributed by atoms with Gasteiger partial charge in [-0.05, 0) is 33.6 Å². The van der Waals surface area contributed by atoms with Crippen LogP contribution in [-0.4, -0.2) is 24.5 Å². The molecule has 1 aliphatic rings. The number of nitrogens with one attached hydrogen (secondary N) is 1. The highest BCUT2D eigenvalue weighted by Gasteiger charge is 2.40. The minimum atomic E-state index is -3.04. The number of hydrogen-bond acceptors (Lipinski definition) is 3. The monoisotopic (exact) mass is 359 g/mol. The molecule has 0 aromatic carbocycles. The summed E-state index contributed by atoms with van der Waals surface area (Å²) in [5, 5.41) is 0. The van der Waals surface area contributed by atoms with Crippen LogP contribution in [0.5, 0.6) is 0 Å². The van der Waals surface area contributed by atoms with Gasteiger partial charge in [-0.25, -0.2) is 8.42 Å². The van der Waals surface area contributed by atoms with Crippen LogP contribution in [0, 0.1) is 0 Å². The van der Waals surface area contributed by atoms with Crippen LogP contribution >= 0.6 is 22.9 Å². The van der Waals surface area contributed by atoms with Crippen LogP contribution in [0.3, 0.4) is 0 Å². The summed E-state index contributed by atoms with van der Waals surface area (Å²) in [6.45, 7) is 5.35. The Balaban J connectivity index is 2.85. The summed E-state index contributed by atoms with van der Waals surface area (Å²) < 4.78 is 27.1. The van der Waals surface area contributed by atoms with E-state index in [2.05, 4.69) is 26.4 Å². The normalized spacial score (nSPS) is 22.0. The maximum atomic E-state index is 12.2. The van der Waals surface area contributed by atoms with E-state index >= 15 is 0 Å². The summed E-state index contributed by atoms with van der Waals surface area (Å²) in [4.78, 5) is 0. The van der Waals surface area contributed by atoms with E-state index in [0.717, 1.165) is 25.7 Å². The molecule has 0 amide bonds. The van der Waals surface area contributed by atoms with Crippen molar-refractivity contribution in [3.63, 3.8) is 0 Å². The fourth-order valence-corrected chi connectivity index (χ4v) is 4.59. The Morgan fingerprint density at radius 2 is 1.69 bits per heavy atom. The van der Waals surface area contributed by atoms with Crippen LogP contribution in [-0.2, 0) is 9.84 Å². The van der Waals surface area contributed by atoms with Crippen LogP contribution in [0.4, 0.5) is 0 Å². The summed E-state index contributed by atoms with van der Waals surface area (Å²) in [6, 6.07) is 0. The molecule has 0 bridgehead atoms. The third kappa shape index (κ3) is 3.32. The van der Waals surface area contributed by atoms with Crippen molar-refractivity contribution in [3.8, 4) is 0 Å². The summed E-state index contributed by atoms with van der Waals surface area (Å²) >= 11 is 2.11. The molecule has 0 atom stereocenters. The second-order valence-electron chi connectivity index (χ2n) is 5.81. The Labute approximate surface area is 113 Å². The smallest absolute Gasteiger partial charge is 0.157 e. The minimum Gasteiger partial charge on any atom is -0.254 e. The van der Waals surface area contributed by atoms with Crippen molar-refractivity contribution in [1.29, 1.82) is 0 Å². The van der Waals surface area contributed by atoms with Crippen molar-refractivity contribution in [1.82, 2.24) is 3.53 Å². The van der Waals surface area contributed by atoms with Crippen molar-refractivity contribution in [2.45, 2.75) is 63.2 Å². The first-order chi connectivity index (χ1) is 7.22. The third-order valence-electron chi connectivity index (χ3n) is 3.41. The molecule has 1 N–H and O–H groups in total. The van der Waals surface area contributed by atoms with Gasteiger partial charge in [-0.1, -0.05) is 19.3 Å². The molecular formula is C11H22INO2S. The molecule has 3 nitrogen and oxygen atoms in total. The Bertz CT molecular complexity index is 326. The minimum absolute atomic E-state index is 0.190. The molecule has 1 aliphatic carbocycles. The van der Waals surface area contributed by atoms with E-state index in [1.165, 1.54) is 6.42 Å². The third-order valence-corrected chi connectivity index (χ3v) is 7.35. The lowest BCUT2D eigenvalue weighted by Gasteiger charge is -2.37. The zero-order valence-electron chi connectivity index (χ0n) is 10.3. The zero-order valence-corrected chi connectivity index (χ0v) is 13.3. The highest BCUT2D eigenvalue weighted by molar-refractivity contribution is 14.1. The molecule has 5 heteroatoms. The standard InChI is InChI=1S/C11H22INO2S/c1-10(2,3)16(14,15)9-11(13-12)7-5-4-6-8-11/h13H,4-9H2,1-3H3. The number of rotatable bonds is 3. The van der Waals surface area contributed by atoms with Gasteiger partial charge < -0.3 is 0 Å². The first kappa shape index (κ1) is 14.7. The fraction of sp³-hybridized carbons (Fsp3) is 1.00. The molecule has 0 unspecified atom stereocenters. The Morgan fingerprint density at radius 3 is 2.06 bits per heavy atom. The van der Waals surface area contributed by atoms with Crippen LogP contribution in [0.15, 0.2) is 0 Å². The van der Waals surface area contributed by atoms with Crippen molar-refractivity contribution >= 4 is 32.7 Å². The SMILES string of the molecule is CC(C)(C)S(=O)(=O)CC1(NI)CCCCC1. The quantitative estimate of drug-likeness (QED) is 0.623. The van der Waals surface area contributed by atoms with Gasteiger partial charge >= 0.3 is 0 Å². The van der Waals surface area contributed by atoms with Gasteiger partial charge in [-0.2, -0.15) is 0 Å². The molecule has 0 aliphatic heterocycles. The van der Waals surface area contributed by atoms with E-state index in [4.69, 9.17) is 0 Å². The summed E-state index contributed by atoms with van der Waals surface area (Å²) in [5.41, 5.74) is -0.190. The predicted octanol–water partition coefficient (Wildman–Crippen LogP) is 2.84. The molecule has 96 valence electrons. The lowest BCUT2D eigenvalue weighted by atomic mass is 9.84. The number of sulfone groups is 1. The number of hydrogen-bond donors (Lipinski definition) is 1. The van der Waals surface area contributed by atoms with Gasteiger partial charge in [0.25, 0.3) is 0 Å². The summed E-state index contributed by atoms with van der Waals surface area (Å²) in [5.74, 6) is 0.270. The van der Waals surface area contributed by atoms with E-state index in [0.29, 0.717) is 0 Å². The molecule has 0 aromatic heterocycles. The Hall–Kier alpha value is 0.640. The lowest BCUT2D eigenvalue weighted by molar-refractivity contribution is 0.309. The highest BCUT2D eigenvalue weighted by Crippen LogP contribution is 2.33. The molecule has 0 aromatic rings. The Kier molecular flexibility index (Phi) is 4.68. The van der Waals surface area contributed by atoms with E-state index in [1.54, 1.807) is 20.8 Å². The van der Waals surface area contributed by atoms with Gasteiger partial charge in [-0.3, -0.25) is 3.53 Å². The molecular weight excluding hydrogens is 337 g/mol. The fourth-order valence-electron chi connectivity index (χ4n) is 2.07. The molecule has 0 radical (unpaired) electrons. The second-order valence-corrected chi connectivity index (χ2v) is 9.09. The average molecular weight is 359 g/mol. The molecule has 0 heterocycles. The van der Waals surface area contributed by atoms with Crippen molar-refractivity contribution in [2.75, 3.05) is 5.75 Å². The van der Waals surface area contributed by atoms with E-state index in [9.17, 15) is 8.42 Å². The molecule has 0 saturated heterocycles. The number of halogens is 1. The highest BCUT2D eigenvalue weighted by atomic mass is 127. The van der Waals surface area contributed by atoms with Crippen LogP contribution in [0.1, 0.15) is 52.9 Å². The molecule has 16 heavy (non-hydrogen) atoms. The van der Waals surface area contributed by atoms with Gasteiger partial charge in [0.05, 0.1) is 10.5 Å². The predicted molar refractivity (Wildman–Crippen MR) is 76.5 cm³/mol. The summed E-state index contributed by atoms with van der Waals surface area (Å²) in [6.07, 6.45) is 5.46. The molecule has 1 rings (SSSR count). The van der Waals surface area contributed by atoms with E-state index in [1.807, 2.05) is 0 Å². The lowest BCUT2D eigenvalue weighted by Crippen LogP contribution is -2.50. The van der Waals surface area contributed by atoms with Crippen molar-refractivity contribution in [2.24, 2.45) is 0 Å². The topological polar surface area (TPSA) is 46.2 Å². The van der Waals surface area contributed by atoms with E-state index < -0.39 is 14.6 Å². The first-order valence-corrected chi connectivity index (χ1v) is 8.56. The Morgan fingerprint density at radius 1 is 1.19 bits per heavy atom.